The predicted molar refractivity (Wildman–Crippen MR) is 55.7 cm³/mol. The second kappa shape index (κ2) is 6.47. The Morgan fingerprint density at radius 3 is 2.50 bits per heavy atom. The molecule has 2 N–H and O–H groups in total. The molecule has 0 heterocycles. The van der Waals surface area contributed by atoms with E-state index >= 15 is 0 Å². The van der Waals surface area contributed by atoms with Crippen LogP contribution in [0.2, 0.25) is 0 Å². The fourth-order valence-electron chi connectivity index (χ4n) is 0.807. The zero-order valence-corrected chi connectivity index (χ0v) is 7.72. The van der Waals surface area contributed by atoms with Gasteiger partial charge in [0, 0.05) is 5.70 Å². The molecule has 0 aliphatic heterocycles. The van der Waals surface area contributed by atoms with E-state index in [1.54, 1.807) is 0 Å². The average Bonchev–Trinajstić information content (AvgIpc) is 2.05. The molecule has 12 heavy (non-hydrogen) atoms. The van der Waals surface area contributed by atoms with Crippen LogP contribution in [0.5, 0.6) is 0 Å². The van der Waals surface area contributed by atoms with Crippen molar-refractivity contribution in [3.8, 4) is 0 Å². The minimum atomic E-state index is 0.591. The van der Waals surface area contributed by atoms with Crippen molar-refractivity contribution < 1.29 is 0 Å². The third-order valence-electron chi connectivity index (χ3n) is 1.52. The highest BCUT2D eigenvalue weighted by Gasteiger charge is 1.88. The van der Waals surface area contributed by atoms with Crippen molar-refractivity contribution in [3.63, 3.8) is 0 Å². The number of hydrogen-bond donors (Lipinski definition) is 1. The lowest BCUT2D eigenvalue weighted by atomic mass is 10.1. The summed E-state index contributed by atoms with van der Waals surface area (Å²) in [6, 6.07) is 0. The van der Waals surface area contributed by atoms with Gasteiger partial charge in [-0.25, -0.2) is 0 Å². The summed E-state index contributed by atoms with van der Waals surface area (Å²) in [6.07, 6.45) is 9.81. The van der Waals surface area contributed by atoms with Crippen molar-refractivity contribution in [1.29, 1.82) is 0 Å². The largest absolute Gasteiger partial charge is 0.399 e. The molecule has 0 aromatic carbocycles. The zero-order chi connectivity index (χ0) is 9.40. The van der Waals surface area contributed by atoms with Crippen LogP contribution in [0.3, 0.4) is 0 Å². The van der Waals surface area contributed by atoms with Gasteiger partial charge in [-0.1, -0.05) is 30.4 Å². The number of rotatable bonds is 5. The van der Waals surface area contributed by atoms with Crippen LogP contribution >= 0.6 is 0 Å². The lowest BCUT2D eigenvalue weighted by molar-refractivity contribution is 1.01. The molecule has 1 nitrogen and oxygen atoms in total. The molecule has 0 amide bonds. The Bertz CT molecular complexity index is 209. The molecule has 1 heteroatoms. The SMILES string of the molecule is C=CCCC(/C=C\C(=C)N)=C/C. The second-order valence-corrected chi connectivity index (χ2v) is 2.60. The van der Waals surface area contributed by atoms with Crippen LogP contribution in [-0.2, 0) is 0 Å². The van der Waals surface area contributed by atoms with Crippen LogP contribution in [0.15, 0.2) is 48.7 Å². The Labute approximate surface area is 75.0 Å². The van der Waals surface area contributed by atoms with E-state index < -0.39 is 0 Å². The summed E-state index contributed by atoms with van der Waals surface area (Å²) in [6.45, 7) is 9.27. The monoisotopic (exact) mass is 163 g/mol. The van der Waals surface area contributed by atoms with Crippen LogP contribution in [0.4, 0.5) is 0 Å². The van der Waals surface area contributed by atoms with Crippen LogP contribution < -0.4 is 5.73 Å². The molecule has 66 valence electrons. The lowest BCUT2D eigenvalue weighted by Gasteiger charge is -1.97. The molecule has 0 unspecified atom stereocenters. The van der Waals surface area contributed by atoms with E-state index in [1.165, 1.54) is 5.57 Å². The maximum absolute atomic E-state index is 5.40. The van der Waals surface area contributed by atoms with Crippen LogP contribution in [0.1, 0.15) is 19.8 Å². The van der Waals surface area contributed by atoms with Gasteiger partial charge in [0.15, 0.2) is 0 Å². The molecule has 0 spiro atoms. The lowest BCUT2D eigenvalue weighted by Crippen LogP contribution is -1.89. The molecule has 0 fully saturated rings. The van der Waals surface area contributed by atoms with Gasteiger partial charge in [0.2, 0.25) is 0 Å². The van der Waals surface area contributed by atoms with E-state index in [1.807, 2.05) is 25.2 Å². The summed E-state index contributed by atoms with van der Waals surface area (Å²) in [5.74, 6) is 0. The maximum atomic E-state index is 5.40. The Morgan fingerprint density at radius 1 is 1.42 bits per heavy atom. The van der Waals surface area contributed by atoms with Gasteiger partial charge in [0.25, 0.3) is 0 Å². The molecule has 0 radical (unpaired) electrons. The molecule has 0 rings (SSSR count). The van der Waals surface area contributed by atoms with Gasteiger partial charge in [0.05, 0.1) is 0 Å². The van der Waals surface area contributed by atoms with Gasteiger partial charge in [-0.2, -0.15) is 0 Å². The Hall–Kier alpha value is -1.24. The van der Waals surface area contributed by atoms with Crippen molar-refractivity contribution in [2.45, 2.75) is 19.8 Å². The van der Waals surface area contributed by atoms with Crippen molar-refractivity contribution in [2.75, 3.05) is 0 Å². The van der Waals surface area contributed by atoms with Crippen LogP contribution in [0, 0.1) is 0 Å². The van der Waals surface area contributed by atoms with Crippen molar-refractivity contribution in [1.82, 2.24) is 0 Å². The highest BCUT2D eigenvalue weighted by molar-refractivity contribution is 5.24. The van der Waals surface area contributed by atoms with E-state index in [0.29, 0.717) is 5.70 Å². The van der Waals surface area contributed by atoms with Crippen LogP contribution in [0.25, 0.3) is 0 Å². The van der Waals surface area contributed by atoms with Gasteiger partial charge >= 0.3 is 0 Å². The average molecular weight is 163 g/mol. The summed E-state index contributed by atoms with van der Waals surface area (Å²) in [7, 11) is 0. The standard InChI is InChI=1S/C11H17N/c1-4-6-7-11(5-2)9-8-10(3)12/h4-5,8-9H,1,3,6-7,12H2,2H3/b9-8-,11-5-. The van der Waals surface area contributed by atoms with E-state index in [4.69, 9.17) is 5.73 Å². The van der Waals surface area contributed by atoms with E-state index in [2.05, 4.69) is 19.2 Å². The topological polar surface area (TPSA) is 26.0 Å². The first-order valence-electron chi connectivity index (χ1n) is 4.09. The van der Waals surface area contributed by atoms with Crippen molar-refractivity contribution in [2.24, 2.45) is 5.73 Å². The number of hydrogen-bond acceptors (Lipinski definition) is 1. The van der Waals surface area contributed by atoms with E-state index in [-0.39, 0.29) is 0 Å². The maximum Gasteiger partial charge on any atom is 0.0241 e. The molecule has 0 saturated carbocycles. The van der Waals surface area contributed by atoms with E-state index in [0.717, 1.165) is 12.8 Å². The summed E-state index contributed by atoms with van der Waals surface area (Å²) < 4.78 is 0. The first kappa shape index (κ1) is 10.8. The Morgan fingerprint density at radius 2 is 2.08 bits per heavy atom. The zero-order valence-electron chi connectivity index (χ0n) is 7.72. The molecular formula is C11H17N. The molecule has 0 aliphatic rings. The predicted octanol–water partition coefficient (Wildman–Crippen LogP) is 2.93. The number of nitrogens with two attached hydrogens (primary N) is 1. The highest BCUT2D eigenvalue weighted by Crippen LogP contribution is 2.07. The van der Waals surface area contributed by atoms with Crippen molar-refractivity contribution in [3.05, 3.63) is 48.7 Å². The van der Waals surface area contributed by atoms with Gasteiger partial charge < -0.3 is 5.73 Å². The molecule has 0 aromatic heterocycles. The Kier molecular flexibility index (Phi) is 5.80. The Balaban J connectivity index is 4.00. The summed E-state index contributed by atoms with van der Waals surface area (Å²) in [5.41, 5.74) is 7.25. The van der Waals surface area contributed by atoms with E-state index in [9.17, 15) is 0 Å². The van der Waals surface area contributed by atoms with Crippen molar-refractivity contribution >= 4 is 0 Å². The molecule has 0 saturated heterocycles. The smallest absolute Gasteiger partial charge is 0.0241 e. The first-order chi connectivity index (χ1) is 5.70. The molecule has 0 aliphatic carbocycles. The molecular weight excluding hydrogens is 146 g/mol. The fourth-order valence-corrected chi connectivity index (χ4v) is 0.807. The molecule has 0 atom stereocenters. The highest BCUT2D eigenvalue weighted by atomic mass is 14.5. The summed E-state index contributed by atoms with van der Waals surface area (Å²) in [4.78, 5) is 0. The van der Waals surface area contributed by atoms with Gasteiger partial charge in [-0.15, -0.1) is 6.58 Å². The summed E-state index contributed by atoms with van der Waals surface area (Å²) >= 11 is 0. The van der Waals surface area contributed by atoms with Gasteiger partial charge in [-0.05, 0) is 25.8 Å². The normalized spacial score (nSPS) is 11.9. The molecule has 0 bridgehead atoms. The molecule has 0 aromatic rings. The third-order valence-corrected chi connectivity index (χ3v) is 1.52. The minimum Gasteiger partial charge on any atom is -0.399 e. The fraction of sp³-hybridized carbons (Fsp3) is 0.273. The first-order valence-corrected chi connectivity index (χ1v) is 4.09. The quantitative estimate of drug-likeness (QED) is 0.489. The second-order valence-electron chi connectivity index (χ2n) is 2.60. The third kappa shape index (κ3) is 5.54. The van der Waals surface area contributed by atoms with Crippen LogP contribution in [-0.4, -0.2) is 0 Å². The number of allylic oxidation sites excluding steroid dienone is 5. The summed E-state index contributed by atoms with van der Waals surface area (Å²) in [5, 5.41) is 0. The minimum absolute atomic E-state index is 0.591. The van der Waals surface area contributed by atoms with Gasteiger partial charge in [0.1, 0.15) is 0 Å². The van der Waals surface area contributed by atoms with Gasteiger partial charge in [-0.3, -0.25) is 0 Å².